The first kappa shape index (κ1) is 39.3. The molecule has 39 heavy (non-hydrogen) atoms. The molecule has 2 heterocycles. The molecule has 0 spiro atoms. The quantitative estimate of drug-likeness (QED) is 0.154. The Morgan fingerprint density at radius 3 is 1.41 bits per heavy atom. The molecule has 2 aliphatic rings. The van der Waals surface area contributed by atoms with Crippen LogP contribution in [0.3, 0.4) is 0 Å². The average molecular weight is 604 g/mol. The Morgan fingerprint density at radius 1 is 0.667 bits per heavy atom. The Hall–Kier alpha value is -1.84. The van der Waals surface area contributed by atoms with Gasteiger partial charge in [-0.05, 0) is 25.9 Å². The molecule has 15 heteroatoms. The van der Waals surface area contributed by atoms with Gasteiger partial charge in [0.05, 0.1) is 0 Å². The van der Waals surface area contributed by atoms with Gasteiger partial charge in [0.15, 0.2) is 0 Å². The van der Waals surface area contributed by atoms with Gasteiger partial charge in [0, 0.05) is 55.8 Å². The minimum absolute atomic E-state index is 0. The fourth-order valence-corrected chi connectivity index (χ4v) is 3.98. The van der Waals surface area contributed by atoms with Crippen LogP contribution in [-0.2, 0) is 36.2 Å². The third-order valence-corrected chi connectivity index (χ3v) is 5.74. The molecule has 2 fully saturated rings. The zero-order valence-corrected chi connectivity index (χ0v) is 23.9. The molecule has 2 bridgehead atoms. The van der Waals surface area contributed by atoms with Gasteiger partial charge in [0.1, 0.15) is 0 Å². The Bertz CT molecular complexity index is 669. The van der Waals surface area contributed by atoms with Gasteiger partial charge < -0.3 is 67.6 Å². The largest absolute Gasteiger partial charge is 0.663 e. The molecule has 14 nitrogen and oxygen atoms in total. The monoisotopic (exact) mass is 603 g/mol. The Balaban J connectivity index is 0. The maximum atomic E-state index is 12.6. The van der Waals surface area contributed by atoms with E-state index in [1.807, 2.05) is 0 Å². The molecule has 233 valence electrons. The fourth-order valence-electron chi connectivity index (χ4n) is 3.98. The molecule has 0 aromatic rings. The first-order chi connectivity index (χ1) is 17.2. The summed E-state index contributed by atoms with van der Waals surface area (Å²) < 4.78 is 0. The van der Waals surface area contributed by atoms with Gasteiger partial charge in [-0.3, -0.25) is 19.2 Å². The Kier molecular flexibility index (Phi) is 21.1. The molecule has 0 aromatic heterocycles. The van der Waals surface area contributed by atoms with Crippen LogP contribution in [0, 0.1) is 14.9 Å². The topological polar surface area (TPSA) is 213 Å². The molecule has 0 saturated carbocycles. The second-order valence-corrected chi connectivity index (χ2v) is 8.98. The van der Waals surface area contributed by atoms with Crippen LogP contribution in [0.2, 0.25) is 0 Å². The molecule has 0 aliphatic carbocycles. The van der Waals surface area contributed by atoms with Crippen molar-refractivity contribution in [2.24, 2.45) is 0 Å². The zero-order valence-electron chi connectivity index (χ0n) is 22.9. The summed E-state index contributed by atoms with van der Waals surface area (Å²) in [5, 5.41) is 48.8. The number of hydrogen-bond acceptors (Lipinski definition) is 6. The third-order valence-electron chi connectivity index (χ3n) is 5.74. The van der Waals surface area contributed by atoms with Crippen LogP contribution in [0.4, 0.5) is 0 Å². The molecule has 2 aliphatic heterocycles. The number of amides is 2. The van der Waals surface area contributed by atoms with Crippen molar-refractivity contribution in [3.8, 4) is 0 Å². The van der Waals surface area contributed by atoms with Crippen molar-refractivity contribution >= 4 is 23.8 Å². The Morgan fingerprint density at radius 2 is 1.05 bits per heavy atom. The third kappa shape index (κ3) is 16.1. The summed E-state index contributed by atoms with van der Waals surface area (Å²) in [7, 11) is 0. The molecule has 1 radical (unpaired) electrons. The first-order valence-electron chi connectivity index (χ1n) is 12.4. The van der Waals surface area contributed by atoms with E-state index in [2.05, 4.69) is 31.9 Å². The maximum absolute atomic E-state index is 12.6. The molecular weight excluding hydrogens is 560 g/mol. The van der Waals surface area contributed by atoms with Crippen molar-refractivity contribution < 1.29 is 46.5 Å². The van der Waals surface area contributed by atoms with Crippen LogP contribution in [0.1, 0.15) is 38.5 Å². The van der Waals surface area contributed by atoms with Gasteiger partial charge >= 0.3 is 11.9 Å². The number of carbonyl (C=O) groups excluding carboxylic acids is 2. The molecule has 0 aromatic carbocycles. The SMILES string of the molecule is O=C(O)CCCC(=O)N[C@@]12C[N-]CC[N-]C[C@@](NC(=O)CCCC(=O)O)(CNCCNC1)[N-]CC[N-]2.[CH3-].[CH3-].[Cu]. The molecule has 0 unspecified atom stereocenters. The number of carboxylic acids is 2. The summed E-state index contributed by atoms with van der Waals surface area (Å²) in [6.07, 6.45) is 0.430. The number of fused-ring (bicyclic) bond motifs is 5. The standard InChI is InChI=1S/C22H38N8O6.2CH3.Cu/c31-17(3-1-5-19(33)34)29-21-13-23-7-9-25-15-22(28-12-11-27-21,16-26-10-8-24-14-21)30-18(32)4-2-6-20(35)36;;;/h23,25H,1-16H2,(H,29,31)(H,30,32)(H,33,34)(H,35,36);2*1H3;/q-4;2*-1;/t21-,22+;;;. The van der Waals surface area contributed by atoms with Gasteiger partial charge in [0.25, 0.3) is 0 Å². The summed E-state index contributed by atoms with van der Waals surface area (Å²) in [5.74, 6) is -2.48. The van der Waals surface area contributed by atoms with Gasteiger partial charge in [-0.2, -0.15) is 26.2 Å². The molecular formula is C24H44CuN8O6-6. The average Bonchev–Trinajstić information content (AvgIpc) is 2.79. The van der Waals surface area contributed by atoms with Crippen LogP contribution in [0.5, 0.6) is 0 Å². The summed E-state index contributed by atoms with van der Waals surface area (Å²) in [4.78, 5) is 46.7. The summed E-state index contributed by atoms with van der Waals surface area (Å²) in [6.45, 7) is 3.67. The van der Waals surface area contributed by atoms with Crippen molar-refractivity contribution in [3.63, 3.8) is 0 Å². The van der Waals surface area contributed by atoms with E-state index >= 15 is 0 Å². The van der Waals surface area contributed by atoms with E-state index in [1.165, 1.54) is 0 Å². The van der Waals surface area contributed by atoms with E-state index in [0.717, 1.165) is 0 Å². The van der Waals surface area contributed by atoms with Crippen LogP contribution in [0.15, 0.2) is 0 Å². The van der Waals surface area contributed by atoms with Gasteiger partial charge in [0.2, 0.25) is 11.8 Å². The van der Waals surface area contributed by atoms with E-state index in [0.29, 0.717) is 39.3 Å². The first-order valence-corrected chi connectivity index (χ1v) is 12.4. The minimum Gasteiger partial charge on any atom is -0.663 e. The maximum Gasteiger partial charge on any atom is 0.303 e. The predicted molar refractivity (Wildman–Crippen MR) is 146 cm³/mol. The fraction of sp³-hybridized carbons (Fsp3) is 0.750. The van der Waals surface area contributed by atoms with Crippen LogP contribution in [-0.4, -0.2) is 111 Å². The minimum atomic E-state index is -1.00. The normalized spacial score (nSPS) is 24.1. The van der Waals surface area contributed by atoms with Crippen molar-refractivity contribution in [2.45, 2.75) is 49.9 Å². The molecule has 2 rings (SSSR count). The zero-order chi connectivity index (χ0) is 26.3. The predicted octanol–water partition coefficient (Wildman–Crippen LogP) is 0.720. The molecule has 6 N–H and O–H groups in total. The number of carboxylic acid groups (broad SMARTS) is 2. The summed E-state index contributed by atoms with van der Waals surface area (Å²) in [6, 6.07) is 0. The van der Waals surface area contributed by atoms with E-state index in [1.54, 1.807) is 0 Å². The van der Waals surface area contributed by atoms with Crippen molar-refractivity contribution in [1.82, 2.24) is 21.3 Å². The second kappa shape index (κ2) is 21.0. The van der Waals surface area contributed by atoms with Gasteiger partial charge in [-0.1, -0.05) is 11.3 Å². The number of nitrogens with zero attached hydrogens (tertiary/aromatic N) is 4. The van der Waals surface area contributed by atoms with Crippen LogP contribution in [0.25, 0.3) is 21.3 Å². The molecule has 2 amide bonds. The summed E-state index contributed by atoms with van der Waals surface area (Å²) >= 11 is 0. The van der Waals surface area contributed by atoms with Crippen molar-refractivity contribution in [3.05, 3.63) is 36.1 Å². The number of aliphatic carboxylic acids is 2. The van der Waals surface area contributed by atoms with E-state index < -0.39 is 23.3 Å². The molecule has 2 atom stereocenters. The van der Waals surface area contributed by atoms with Crippen LogP contribution >= 0.6 is 0 Å². The van der Waals surface area contributed by atoms with Gasteiger partial charge in [-0.25, -0.2) is 0 Å². The Labute approximate surface area is 242 Å². The number of hydrogen-bond donors (Lipinski definition) is 6. The molecule has 2 saturated heterocycles. The smallest absolute Gasteiger partial charge is 0.303 e. The number of carbonyl (C=O) groups is 4. The van der Waals surface area contributed by atoms with E-state index in [9.17, 15) is 19.2 Å². The summed E-state index contributed by atoms with van der Waals surface area (Å²) in [5.41, 5.74) is -2.01. The van der Waals surface area contributed by atoms with E-state index in [4.69, 9.17) is 20.8 Å². The second-order valence-electron chi connectivity index (χ2n) is 8.98. The van der Waals surface area contributed by atoms with Crippen molar-refractivity contribution in [2.75, 3.05) is 65.4 Å². The van der Waals surface area contributed by atoms with E-state index in [-0.39, 0.29) is 108 Å². The number of rotatable bonds is 10. The van der Waals surface area contributed by atoms with Gasteiger partial charge in [-0.15, -0.1) is 13.1 Å². The van der Waals surface area contributed by atoms with Crippen LogP contribution < -0.4 is 21.3 Å². The number of nitrogens with one attached hydrogen (secondary N) is 4. The van der Waals surface area contributed by atoms with Crippen molar-refractivity contribution in [1.29, 1.82) is 0 Å².